The Kier molecular flexibility index (Phi) is 6.25. The molecule has 23 heavy (non-hydrogen) atoms. The van der Waals surface area contributed by atoms with Crippen molar-refractivity contribution in [3.63, 3.8) is 0 Å². The number of hydrogen-bond donors (Lipinski definition) is 1. The van der Waals surface area contributed by atoms with Gasteiger partial charge in [-0.15, -0.1) is 0 Å². The fourth-order valence-electron chi connectivity index (χ4n) is 2.38. The molecule has 0 fully saturated rings. The van der Waals surface area contributed by atoms with Crippen LogP contribution in [0.15, 0.2) is 48.5 Å². The van der Waals surface area contributed by atoms with Crippen LogP contribution in [0.1, 0.15) is 25.0 Å². The highest BCUT2D eigenvalue weighted by Gasteiger charge is 2.17. The molecule has 0 amide bonds. The Morgan fingerprint density at radius 3 is 2.22 bits per heavy atom. The summed E-state index contributed by atoms with van der Waals surface area (Å²) in [5.41, 5.74) is 1.52. The van der Waals surface area contributed by atoms with Crippen molar-refractivity contribution in [3.05, 3.63) is 71.3 Å². The van der Waals surface area contributed by atoms with Gasteiger partial charge in [0.25, 0.3) is 0 Å². The van der Waals surface area contributed by atoms with E-state index in [2.05, 4.69) is 0 Å². The number of aliphatic hydroxyl groups is 1. The minimum atomic E-state index is -0.498. The van der Waals surface area contributed by atoms with E-state index in [9.17, 15) is 13.9 Å². The first-order valence-electron chi connectivity index (χ1n) is 7.84. The third-order valence-corrected chi connectivity index (χ3v) is 3.89. The molecule has 4 heteroatoms. The topological polar surface area (TPSA) is 23.5 Å². The van der Waals surface area contributed by atoms with Gasteiger partial charge in [0.1, 0.15) is 11.6 Å². The van der Waals surface area contributed by atoms with E-state index in [0.717, 1.165) is 5.56 Å². The average Bonchev–Trinajstić information content (AvgIpc) is 2.51. The molecule has 1 N–H and O–H groups in total. The lowest BCUT2D eigenvalue weighted by Crippen LogP contribution is -2.34. The molecule has 0 spiro atoms. The summed E-state index contributed by atoms with van der Waals surface area (Å²) in [6.45, 7) is 5.25. The summed E-state index contributed by atoms with van der Waals surface area (Å²) in [5, 5.41) is 10.2. The summed E-state index contributed by atoms with van der Waals surface area (Å²) in [6, 6.07) is 12.9. The standard InChI is InChI=1S/C19H23F2NO/c1-14(2)19(23)13-22(11-15-7-9-17(20)10-8-15)12-16-5-3-4-6-18(16)21/h3-10,14,19,23H,11-13H2,1-2H3. The minimum Gasteiger partial charge on any atom is -0.392 e. The van der Waals surface area contributed by atoms with Gasteiger partial charge in [-0.2, -0.15) is 0 Å². The Labute approximate surface area is 136 Å². The van der Waals surface area contributed by atoms with Gasteiger partial charge < -0.3 is 5.11 Å². The van der Waals surface area contributed by atoms with Gasteiger partial charge in [0.15, 0.2) is 0 Å². The van der Waals surface area contributed by atoms with Crippen molar-refractivity contribution in [1.29, 1.82) is 0 Å². The molecule has 0 saturated carbocycles. The Morgan fingerprint density at radius 2 is 1.61 bits per heavy atom. The van der Waals surface area contributed by atoms with Gasteiger partial charge in [-0.25, -0.2) is 8.78 Å². The van der Waals surface area contributed by atoms with Gasteiger partial charge in [0.2, 0.25) is 0 Å². The van der Waals surface area contributed by atoms with Crippen LogP contribution in [0.2, 0.25) is 0 Å². The van der Waals surface area contributed by atoms with Crippen LogP contribution < -0.4 is 0 Å². The number of halogens is 2. The first-order chi connectivity index (χ1) is 11.0. The number of benzene rings is 2. The van der Waals surface area contributed by atoms with Crippen molar-refractivity contribution >= 4 is 0 Å². The summed E-state index contributed by atoms with van der Waals surface area (Å²) < 4.78 is 26.9. The molecule has 0 aliphatic rings. The molecule has 2 aromatic rings. The third-order valence-electron chi connectivity index (χ3n) is 3.89. The molecule has 0 radical (unpaired) electrons. The van der Waals surface area contributed by atoms with Crippen molar-refractivity contribution in [3.8, 4) is 0 Å². The van der Waals surface area contributed by atoms with Crippen molar-refractivity contribution in [2.75, 3.05) is 6.54 Å². The second-order valence-electron chi connectivity index (χ2n) is 6.20. The minimum absolute atomic E-state index is 0.117. The molecule has 124 valence electrons. The maximum absolute atomic E-state index is 13.9. The number of hydrogen-bond acceptors (Lipinski definition) is 2. The van der Waals surface area contributed by atoms with Gasteiger partial charge in [-0.1, -0.05) is 44.2 Å². The maximum Gasteiger partial charge on any atom is 0.127 e. The largest absolute Gasteiger partial charge is 0.392 e. The van der Waals surface area contributed by atoms with Crippen LogP contribution in [0.25, 0.3) is 0 Å². The zero-order valence-electron chi connectivity index (χ0n) is 13.5. The first kappa shape index (κ1) is 17.6. The summed E-state index contributed by atoms with van der Waals surface area (Å²) in [6.07, 6.45) is -0.498. The number of aliphatic hydroxyl groups excluding tert-OH is 1. The van der Waals surface area contributed by atoms with Gasteiger partial charge in [-0.05, 0) is 29.7 Å². The first-order valence-corrected chi connectivity index (χ1v) is 7.84. The fourth-order valence-corrected chi connectivity index (χ4v) is 2.38. The zero-order valence-corrected chi connectivity index (χ0v) is 13.5. The van der Waals surface area contributed by atoms with E-state index in [1.54, 1.807) is 30.3 Å². The van der Waals surface area contributed by atoms with E-state index >= 15 is 0 Å². The molecule has 0 bridgehead atoms. The molecular formula is C19H23F2NO. The SMILES string of the molecule is CC(C)C(O)CN(Cc1ccc(F)cc1)Cc1ccccc1F. The van der Waals surface area contributed by atoms with E-state index < -0.39 is 6.10 Å². The van der Waals surface area contributed by atoms with E-state index in [4.69, 9.17) is 0 Å². The van der Waals surface area contributed by atoms with Crippen LogP contribution in [-0.4, -0.2) is 22.7 Å². The van der Waals surface area contributed by atoms with E-state index in [1.165, 1.54) is 18.2 Å². The van der Waals surface area contributed by atoms with Crippen molar-refractivity contribution in [1.82, 2.24) is 4.90 Å². The van der Waals surface area contributed by atoms with Gasteiger partial charge in [0.05, 0.1) is 6.10 Å². The molecule has 0 heterocycles. The summed E-state index contributed by atoms with van der Waals surface area (Å²) in [7, 11) is 0. The fraction of sp³-hybridized carbons (Fsp3) is 0.368. The lowest BCUT2D eigenvalue weighted by Gasteiger charge is -2.27. The molecule has 2 nitrogen and oxygen atoms in total. The highest BCUT2D eigenvalue weighted by atomic mass is 19.1. The normalized spacial score (nSPS) is 12.8. The average molecular weight is 319 g/mol. The predicted octanol–water partition coefficient (Wildman–Crippen LogP) is 3.98. The molecular weight excluding hydrogens is 296 g/mol. The van der Waals surface area contributed by atoms with Crippen LogP contribution >= 0.6 is 0 Å². The van der Waals surface area contributed by atoms with Crippen LogP contribution in [0.4, 0.5) is 8.78 Å². The monoisotopic (exact) mass is 319 g/mol. The van der Waals surface area contributed by atoms with Crippen molar-refractivity contribution < 1.29 is 13.9 Å². The van der Waals surface area contributed by atoms with Crippen LogP contribution in [0.5, 0.6) is 0 Å². The summed E-state index contributed by atoms with van der Waals surface area (Å²) in [5.74, 6) is -0.418. The Morgan fingerprint density at radius 1 is 0.957 bits per heavy atom. The lowest BCUT2D eigenvalue weighted by molar-refractivity contribution is 0.0694. The van der Waals surface area contributed by atoms with Crippen molar-refractivity contribution in [2.24, 2.45) is 5.92 Å². The molecule has 0 aliphatic heterocycles. The molecule has 0 aliphatic carbocycles. The van der Waals surface area contributed by atoms with Crippen molar-refractivity contribution in [2.45, 2.75) is 33.0 Å². The summed E-state index contributed by atoms with van der Waals surface area (Å²) in [4.78, 5) is 1.98. The third kappa shape index (κ3) is 5.41. The van der Waals surface area contributed by atoms with Crippen LogP contribution in [0.3, 0.4) is 0 Å². The van der Waals surface area contributed by atoms with Crippen LogP contribution in [-0.2, 0) is 13.1 Å². The Bertz CT molecular complexity index is 613. The molecule has 2 aromatic carbocycles. The highest BCUT2D eigenvalue weighted by Crippen LogP contribution is 2.15. The molecule has 1 unspecified atom stereocenters. The van der Waals surface area contributed by atoms with Crippen LogP contribution in [0, 0.1) is 17.6 Å². The quantitative estimate of drug-likeness (QED) is 0.834. The zero-order chi connectivity index (χ0) is 16.8. The predicted molar refractivity (Wildman–Crippen MR) is 87.8 cm³/mol. The Hall–Kier alpha value is -1.78. The van der Waals surface area contributed by atoms with Gasteiger partial charge >= 0.3 is 0 Å². The second-order valence-corrected chi connectivity index (χ2v) is 6.20. The number of rotatable bonds is 7. The lowest BCUT2D eigenvalue weighted by atomic mass is 10.1. The Balaban J connectivity index is 2.14. The highest BCUT2D eigenvalue weighted by molar-refractivity contribution is 5.19. The maximum atomic E-state index is 13.9. The van der Waals surface area contributed by atoms with Gasteiger partial charge in [0, 0.05) is 25.2 Å². The molecule has 0 saturated heterocycles. The smallest absolute Gasteiger partial charge is 0.127 e. The second kappa shape index (κ2) is 8.18. The van der Waals surface area contributed by atoms with Gasteiger partial charge in [-0.3, -0.25) is 4.90 Å². The molecule has 2 rings (SSSR count). The van der Waals surface area contributed by atoms with E-state index in [0.29, 0.717) is 25.2 Å². The molecule has 0 aromatic heterocycles. The molecule has 1 atom stereocenters. The summed E-state index contributed by atoms with van der Waals surface area (Å²) >= 11 is 0. The number of nitrogens with zero attached hydrogens (tertiary/aromatic N) is 1. The van der Waals surface area contributed by atoms with E-state index in [1.807, 2.05) is 18.7 Å². The van der Waals surface area contributed by atoms with E-state index in [-0.39, 0.29) is 17.6 Å².